The molecule has 0 aliphatic heterocycles. The molecule has 1 rings (SSSR count). The summed E-state index contributed by atoms with van der Waals surface area (Å²) < 4.78 is 4.97. The van der Waals surface area contributed by atoms with E-state index in [1.165, 1.54) is 13.2 Å². The van der Waals surface area contributed by atoms with Crippen LogP contribution in [0.5, 0.6) is 5.75 Å². The highest BCUT2D eigenvalue weighted by molar-refractivity contribution is 9.09. The van der Waals surface area contributed by atoms with E-state index < -0.39 is 5.97 Å². The Bertz CT molecular complexity index is 385. The topological polar surface area (TPSA) is 46.5 Å². The third-order valence-electron chi connectivity index (χ3n) is 1.88. The monoisotopic (exact) mass is 270 g/mol. The molecule has 0 aliphatic rings. The molecule has 0 heterocycles. The highest BCUT2D eigenvalue weighted by Crippen LogP contribution is 2.19. The Morgan fingerprint density at radius 1 is 1.60 bits per heavy atom. The van der Waals surface area contributed by atoms with Crippen LogP contribution in [-0.2, 0) is 0 Å². The molecular formula is C11H11BrO3. The zero-order valence-corrected chi connectivity index (χ0v) is 9.82. The number of aromatic carboxylic acids is 1. The summed E-state index contributed by atoms with van der Waals surface area (Å²) in [6, 6.07) is 4.97. The molecule has 0 fully saturated rings. The maximum absolute atomic E-state index is 11.0. The van der Waals surface area contributed by atoms with E-state index in [1.807, 2.05) is 6.08 Å². The minimum Gasteiger partial charge on any atom is -0.497 e. The van der Waals surface area contributed by atoms with Crippen molar-refractivity contribution in [3.8, 4) is 5.75 Å². The first kappa shape index (κ1) is 11.8. The number of hydrogen-bond acceptors (Lipinski definition) is 2. The van der Waals surface area contributed by atoms with Crippen LogP contribution in [0.25, 0.3) is 6.08 Å². The van der Waals surface area contributed by atoms with E-state index in [-0.39, 0.29) is 5.56 Å². The fraction of sp³-hybridized carbons (Fsp3) is 0.182. The van der Waals surface area contributed by atoms with E-state index in [4.69, 9.17) is 9.84 Å². The minimum absolute atomic E-state index is 0.242. The second-order valence-electron chi connectivity index (χ2n) is 2.82. The zero-order valence-electron chi connectivity index (χ0n) is 8.24. The lowest BCUT2D eigenvalue weighted by Gasteiger charge is -2.04. The molecule has 0 aliphatic carbocycles. The third-order valence-corrected chi connectivity index (χ3v) is 2.25. The molecule has 80 valence electrons. The van der Waals surface area contributed by atoms with Crippen molar-refractivity contribution in [3.05, 3.63) is 35.4 Å². The molecule has 0 saturated heterocycles. The summed E-state index contributed by atoms with van der Waals surface area (Å²) in [5.74, 6) is -0.411. The van der Waals surface area contributed by atoms with Crippen molar-refractivity contribution in [3.63, 3.8) is 0 Å². The van der Waals surface area contributed by atoms with E-state index in [1.54, 1.807) is 18.2 Å². The van der Waals surface area contributed by atoms with Crippen LogP contribution in [0.4, 0.5) is 0 Å². The van der Waals surface area contributed by atoms with Gasteiger partial charge in [-0.15, -0.1) is 0 Å². The second-order valence-corrected chi connectivity index (χ2v) is 3.46. The molecular weight excluding hydrogens is 260 g/mol. The van der Waals surface area contributed by atoms with Crippen LogP contribution < -0.4 is 4.74 Å². The lowest BCUT2D eigenvalue weighted by Crippen LogP contribution is -2.00. The maximum atomic E-state index is 11.0. The molecule has 4 heteroatoms. The van der Waals surface area contributed by atoms with E-state index in [0.717, 1.165) is 0 Å². The summed E-state index contributed by atoms with van der Waals surface area (Å²) in [5.41, 5.74) is 0.911. The van der Waals surface area contributed by atoms with Crippen LogP contribution >= 0.6 is 15.9 Å². The third kappa shape index (κ3) is 3.09. The molecule has 15 heavy (non-hydrogen) atoms. The number of ether oxygens (including phenoxy) is 1. The SMILES string of the molecule is COc1ccc(C=CCBr)c(C(=O)O)c1. The van der Waals surface area contributed by atoms with Gasteiger partial charge < -0.3 is 9.84 Å². The van der Waals surface area contributed by atoms with Gasteiger partial charge in [-0.2, -0.15) is 0 Å². The van der Waals surface area contributed by atoms with Gasteiger partial charge in [-0.05, 0) is 17.7 Å². The van der Waals surface area contributed by atoms with Gasteiger partial charge in [0.2, 0.25) is 0 Å². The molecule has 1 N–H and O–H groups in total. The number of allylic oxidation sites excluding steroid dienone is 1. The largest absolute Gasteiger partial charge is 0.497 e. The number of rotatable bonds is 4. The number of methoxy groups -OCH3 is 1. The minimum atomic E-state index is -0.955. The Labute approximate surface area is 96.5 Å². The quantitative estimate of drug-likeness (QED) is 0.856. The molecule has 1 aromatic rings. The van der Waals surface area contributed by atoms with Gasteiger partial charge in [-0.25, -0.2) is 4.79 Å². The van der Waals surface area contributed by atoms with Crippen molar-refractivity contribution in [2.45, 2.75) is 0 Å². The van der Waals surface area contributed by atoms with Gasteiger partial charge in [0.25, 0.3) is 0 Å². The van der Waals surface area contributed by atoms with Crippen LogP contribution in [0.3, 0.4) is 0 Å². The van der Waals surface area contributed by atoms with Crippen molar-refractivity contribution in [1.29, 1.82) is 0 Å². The normalized spacial score (nSPS) is 10.5. The molecule has 1 aromatic carbocycles. The number of carbonyl (C=O) groups is 1. The smallest absolute Gasteiger partial charge is 0.336 e. The predicted octanol–water partition coefficient (Wildman–Crippen LogP) is 2.80. The first-order valence-electron chi connectivity index (χ1n) is 4.33. The van der Waals surface area contributed by atoms with E-state index in [9.17, 15) is 4.79 Å². The highest BCUT2D eigenvalue weighted by atomic mass is 79.9. The standard InChI is InChI=1S/C11H11BrO3/c1-15-9-5-4-8(3-2-6-12)10(7-9)11(13)14/h2-5,7H,6H2,1H3,(H,13,14). The van der Waals surface area contributed by atoms with Crippen molar-refractivity contribution >= 4 is 28.0 Å². The summed E-state index contributed by atoms with van der Waals surface area (Å²) >= 11 is 3.24. The van der Waals surface area contributed by atoms with E-state index in [2.05, 4.69) is 15.9 Å². The van der Waals surface area contributed by atoms with Crippen LogP contribution in [0.15, 0.2) is 24.3 Å². The zero-order chi connectivity index (χ0) is 11.3. The highest BCUT2D eigenvalue weighted by Gasteiger charge is 2.08. The molecule has 0 atom stereocenters. The Kier molecular flexibility index (Phi) is 4.37. The molecule has 0 amide bonds. The van der Waals surface area contributed by atoms with Crippen LogP contribution in [0.1, 0.15) is 15.9 Å². The Balaban J connectivity index is 3.15. The molecule has 3 nitrogen and oxygen atoms in total. The van der Waals surface area contributed by atoms with Gasteiger partial charge in [0.05, 0.1) is 12.7 Å². The van der Waals surface area contributed by atoms with Crippen molar-refractivity contribution < 1.29 is 14.6 Å². The summed E-state index contributed by atoms with van der Waals surface area (Å²) in [6.45, 7) is 0. The number of alkyl halides is 1. The van der Waals surface area contributed by atoms with Gasteiger partial charge in [0, 0.05) is 5.33 Å². The summed E-state index contributed by atoms with van der Waals surface area (Å²) in [7, 11) is 1.51. The summed E-state index contributed by atoms with van der Waals surface area (Å²) in [6.07, 6.45) is 3.60. The van der Waals surface area contributed by atoms with Gasteiger partial charge in [0.1, 0.15) is 5.75 Å². The number of carboxylic acid groups (broad SMARTS) is 1. The summed E-state index contributed by atoms with van der Waals surface area (Å²) in [5, 5.41) is 9.68. The Hall–Kier alpha value is -1.29. The molecule has 0 radical (unpaired) electrons. The van der Waals surface area contributed by atoms with Crippen LogP contribution in [0, 0.1) is 0 Å². The first-order valence-corrected chi connectivity index (χ1v) is 5.45. The molecule has 0 aromatic heterocycles. The number of hydrogen-bond donors (Lipinski definition) is 1. The Morgan fingerprint density at radius 2 is 2.33 bits per heavy atom. The van der Waals surface area contributed by atoms with Crippen LogP contribution in [-0.4, -0.2) is 23.5 Å². The fourth-order valence-electron chi connectivity index (χ4n) is 1.16. The van der Waals surface area contributed by atoms with Gasteiger partial charge >= 0.3 is 5.97 Å². The first-order chi connectivity index (χ1) is 7.19. The molecule has 0 bridgehead atoms. The van der Waals surface area contributed by atoms with Gasteiger partial charge in [-0.3, -0.25) is 0 Å². The number of halogens is 1. The molecule has 0 unspecified atom stereocenters. The average Bonchev–Trinajstić information content (AvgIpc) is 2.26. The average molecular weight is 271 g/mol. The number of carboxylic acids is 1. The summed E-state index contributed by atoms with van der Waals surface area (Å²) in [4.78, 5) is 11.0. The number of benzene rings is 1. The van der Waals surface area contributed by atoms with Crippen molar-refractivity contribution in [2.24, 2.45) is 0 Å². The van der Waals surface area contributed by atoms with E-state index in [0.29, 0.717) is 16.6 Å². The lowest BCUT2D eigenvalue weighted by atomic mass is 10.1. The predicted molar refractivity (Wildman–Crippen MR) is 62.8 cm³/mol. The lowest BCUT2D eigenvalue weighted by molar-refractivity contribution is 0.0696. The fourth-order valence-corrected chi connectivity index (χ4v) is 1.35. The maximum Gasteiger partial charge on any atom is 0.336 e. The second kappa shape index (κ2) is 5.56. The van der Waals surface area contributed by atoms with Gasteiger partial charge in [0.15, 0.2) is 0 Å². The van der Waals surface area contributed by atoms with E-state index >= 15 is 0 Å². The molecule has 0 saturated carbocycles. The van der Waals surface area contributed by atoms with Crippen molar-refractivity contribution in [1.82, 2.24) is 0 Å². The van der Waals surface area contributed by atoms with Gasteiger partial charge in [-0.1, -0.05) is 34.1 Å². The van der Waals surface area contributed by atoms with Crippen molar-refractivity contribution in [2.75, 3.05) is 12.4 Å². The molecule has 0 spiro atoms. The Morgan fingerprint density at radius 3 is 2.87 bits per heavy atom. The van der Waals surface area contributed by atoms with Crippen LogP contribution in [0.2, 0.25) is 0 Å².